The Kier molecular flexibility index (Phi) is 4.35. The molecule has 102 valence electrons. The first-order chi connectivity index (χ1) is 9.24. The Morgan fingerprint density at radius 3 is 2.79 bits per heavy atom. The van der Waals surface area contributed by atoms with Crippen LogP contribution in [0.25, 0.3) is 5.82 Å². The zero-order chi connectivity index (χ0) is 13.7. The minimum absolute atomic E-state index is 0.144. The van der Waals surface area contributed by atoms with Crippen LogP contribution >= 0.6 is 0 Å². The van der Waals surface area contributed by atoms with Crippen LogP contribution in [0.15, 0.2) is 30.7 Å². The highest BCUT2D eigenvalue weighted by atomic mass is 16.2. The Morgan fingerprint density at radius 1 is 1.37 bits per heavy atom. The van der Waals surface area contributed by atoms with E-state index in [1.807, 2.05) is 29.1 Å². The van der Waals surface area contributed by atoms with Crippen LogP contribution in [0.4, 0.5) is 0 Å². The molecule has 1 amide bonds. The third kappa shape index (κ3) is 3.03. The topological polar surface area (TPSA) is 72.1 Å². The molecule has 0 radical (unpaired) electrons. The number of aryl methyl sites for hydroxylation is 1. The van der Waals surface area contributed by atoms with E-state index in [2.05, 4.69) is 10.4 Å². The van der Waals surface area contributed by atoms with Gasteiger partial charge in [-0.15, -0.1) is 0 Å². The summed E-state index contributed by atoms with van der Waals surface area (Å²) in [4.78, 5) is 12.1. The smallest absolute Gasteiger partial charge is 0.256 e. The van der Waals surface area contributed by atoms with E-state index in [0.29, 0.717) is 18.5 Å². The van der Waals surface area contributed by atoms with Gasteiger partial charge in [0.2, 0.25) is 0 Å². The minimum Gasteiger partial charge on any atom is -0.396 e. The number of carbonyl (C=O) groups excluding carboxylic acids is 1. The second-order valence-electron chi connectivity index (χ2n) is 4.28. The van der Waals surface area contributed by atoms with Crippen molar-refractivity contribution in [2.45, 2.75) is 12.8 Å². The minimum atomic E-state index is -0.144. The molecule has 0 aliphatic heterocycles. The van der Waals surface area contributed by atoms with Crippen molar-refractivity contribution in [3.8, 4) is 5.82 Å². The van der Waals surface area contributed by atoms with Gasteiger partial charge in [0, 0.05) is 32.6 Å². The molecule has 0 aromatic carbocycles. The summed E-state index contributed by atoms with van der Waals surface area (Å²) < 4.78 is 3.53. The molecule has 0 saturated heterocycles. The Bertz CT molecular complexity index is 531. The van der Waals surface area contributed by atoms with E-state index in [-0.39, 0.29) is 12.5 Å². The number of amides is 1. The highest BCUT2D eigenvalue weighted by Crippen LogP contribution is 2.13. The van der Waals surface area contributed by atoms with Crippen LogP contribution in [0.2, 0.25) is 0 Å². The average Bonchev–Trinajstić information content (AvgIpc) is 3.03. The zero-order valence-corrected chi connectivity index (χ0v) is 10.9. The predicted molar refractivity (Wildman–Crippen MR) is 71.2 cm³/mol. The molecule has 0 aliphatic rings. The van der Waals surface area contributed by atoms with Crippen LogP contribution < -0.4 is 5.32 Å². The number of nitrogens with zero attached hydrogens (tertiary/aromatic N) is 3. The molecule has 0 aliphatic carbocycles. The number of aromatic nitrogens is 3. The fraction of sp³-hybridized carbons (Fsp3) is 0.385. The molecule has 0 spiro atoms. The summed E-state index contributed by atoms with van der Waals surface area (Å²) >= 11 is 0. The molecule has 0 saturated carbocycles. The lowest BCUT2D eigenvalue weighted by molar-refractivity contribution is 0.0952. The molecule has 0 atom stereocenters. The van der Waals surface area contributed by atoms with Gasteiger partial charge < -0.3 is 15.0 Å². The molecule has 0 unspecified atom stereocenters. The normalized spacial score (nSPS) is 10.6. The van der Waals surface area contributed by atoms with Gasteiger partial charge >= 0.3 is 0 Å². The van der Waals surface area contributed by atoms with Crippen molar-refractivity contribution in [3.05, 3.63) is 36.3 Å². The third-order valence-electron chi connectivity index (χ3n) is 2.87. The molecule has 2 rings (SSSR count). The first kappa shape index (κ1) is 13.4. The van der Waals surface area contributed by atoms with Gasteiger partial charge in [0.25, 0.3) is 5.91 Å². The van der Waals surface area contributed by atoms with Crippen LogP contribution in [-0.4, -0.2) is 38.5 Å². The molecule has 6 heteroatoms. The van der Waals surface area contributed by atoms with Gasteiger partial charge in [-0.2, -0.15) is 5.10 Å². The van der Waals surface area contributed by atoms with Gasteiger partial charge in [-0.3, -0.25) is 9.48 Å². The summed E-state index contributed by atoms with van der Waals surface area (Å²) in [6.45, 7) is 0.705. The van der Waals surface area contributed by atoms with Crippen molar-refractivity contribution in [1.29, 1.82) is 0 Å². The van der Waals surface area contributed by atoms with E-state index < -0.39 is 0 Å². The fourth-order valence-corrected chi connectivity index (χ4v) is 1.91. The maximum atomic E-state index is 12.1. The molecule has 19 heavy (non-hydrogen) atoms. The maximum absolute atomic E-state index is 12.1. The highest BCUT2D eigenvalue weighted by Gasteiger charge is 2.16. The van der Waals surface area contributed by atoms with Crippen LogP contribution in [-0.2, 0) is 7.05 Å². The zero-order valence-electron chi connectivity index (χ0n) is 10.9. The van der Waals surface area contributed by atoms with E-state index >= 15 is 0 Å². The van der Waals surface area contributed by atoms with E-state index in [9.17, 15) is 4.79 Å². The van der Waals surface area contributed by atoms with Crippen molar-refractivity contribution in [2.24, 2.45) is 7.05 Å². The molecule has 2 aromatic rings. The molecule has 0 fully saturated rings. The Morgan fingerprint density at radius 2 is 2.11 bits per heavy atom. The van der Waals surface area contributed by atoms with Gasteiger partial charge in [0.05, 0.1) is 6.20 Å². The Balaban J connectivity index is 2.10. The monoisotopic (exact) mass is 262 g/mol. The predicted octanol–water partition coefficient (Wildman–Crippen LogP) is 0.713. The Hall–Kier alpha value is -2.08. The van der Waals surface area contributed by atoms with Gasteiger partial charge in [0.15, 0.2) is 0 Å². The number of hydrogen-bond acceptors (Lipinski definition) is 3. The number of nitrogens with one attached hydrogen (secondary N) is 1. The lowest BCUT2D eigenvalue weighted by Gasteiger charge is -2.08. The van der Waals surface area contributed by atoms with E-state index in [1.165, 1.54) is 0 Å². The standard InChI is InChI=1S/C13H18N4O2/c1-16-13(17-7-3-4-8-17)11(10-15-16)12(19)14-6-2-5-9-18/h3-4,7-8,10,18H,2,5-6,9H2,1H3,(H,14,19). The molecule has 2 heterocycles. The lowest BCUT2D eigenvalue weighted by Crippen LogP contribution is -2.25. The van der Waals surface area contributed by atoms with E-state index in [4.69, 9.17) is 5.11 Å². The van der Waals surface area contributed by atoms with Crippen molar-refractivity contribution in [2.75, 3.05) is 13.2 Å². The second kappa shape index (κ2) is 6.19. The first-order valence-electron chi connectivity index (χ1n) is 6.28. The number of hydrogen-bond donors (Lipinski definition) is 2. The van der Waals surface area contributed by atoms with Crippen LogP contribution in [0.1, 0.15) is 23.2 Å². The quantitative estimate of drug-likeness (QED) is 0.753. The van der Waals surface area contributed by atoms with E-state index in [0.717, 1.165) is 12.2 Å². The molecular weight excluding hydrogens is 244 g/mol. The summed E-state index contributed by atoms with van der Waals surface area (Å²) in [6.07, 6.45) is 6.77. The van der Waals surface area contributed by atoms with Crippen LogP contribution in [0.3, 0.4) is 0 Å². The van der Waals surface area contributed by atoms with Gasteiger partial charge in [-0.1, -0.05) is 0 Å². The molecule has 2 aromatic heterocycles. The molecule has 6 nitrogen and oxygen atoms in total. The Labute approximate surface area is 111 Å². The van der Waals surface area contributed by atoms with Gasteiger partial charge in [-0.25, -0.2) is 0 Å². The fourth-order valence-electron chi connectivity index (χ4n) is 1.91. The van der Waals surface area contributed by atoms with Gasteiger partial charge in [-0.05, 0) is 25.0 Å². The van der Waals surface area contributed by atoms with Crippen molar-refractivity contribution in [3.63, 3.8) is 0 Å². The maximum Gasteiger partial charge on any atom is 0.256 e. The SMILES string of the molecule is Cn1ncc(C(=O)NCCCCO)c1-n1cccc1. The summed E-state index contributed by atoms with van der Waals surface area (Å²) in [7, 11) is 1.80. The number of aliphatic hydroxyl groups is 1. The number of aliphatic hydroxyl groups excluding tert-OH is 1. The summed E-state index contributed by atoms with van der Waals surface area (Å²) in [5.74, 6) is 0.597. The summed E-state index contributed by atoms with van der Waals surface area (Å²) in [5, 5.41) is 15.7. The van der Waals surface area contributed by atoms with E-state index in [1.54, 1.807) is 17.9 Å². The average molecular weight is 262 g/mol. The van der Waals surface area contributed by atoms with Crippen molar-refractivity contribution >= 4 is 5.91 Å². The third-order valence-corrected chi connectivity index (χ3v) is 2.87. The second-order valence-corrected chi connectivity index (χ2v) is 4.28. The van der Waals surface area contributed by atoms with Gasteiger partial charge in [0.1, 0.15) is 11.4 Å². The van der Waals surface area contributed by atoms with Crippen LogP contribution in [0.5, 0.6) is 0 Å². The molecular formula is C13H18N4O2. The highest BCUT2D eigenvalue weighted by molar-refractivity contribution is 5.97. The van der Waals surface area contributed by atoms with Crippen LogP contribution in [0, 0.1) is 0 Å². The first-order valence-corrected chi connectivity index (χ1v) is 6.28. The van der Waals surface area contributed by atoms with Crippen molar-refractivity contribution < 1.29 is 9.90 Å². The van der Waals surface area contributed by atoms with Crippen molar-refractivity contribution in [1.82, 2.24) is 19.7 Å². The number of carbonyl (C=O) groups is 1. The molecule has 2 N–H and O–H groups in total. The number of unbranched alkanes of at least 4 members (excludes halogenated alkanes) is 1. The molecule has 0 bridgehead atoms. The summed E-state index contributed by atoms with van der Waals surface area (Å²) in [6, 6.07) is 3.80. The summed E-state index contributed by atoms with van der Waals surface area (Å²) in [5.41, 5.74) is 0.544. The lowest BCUT2D eigenvalue weighted by atomic mass is 10.2. The number of rotatable bonds is 6. The largest absolute Gasteiger partial charge is 0.396 e.